The van der Waals surface area contributed by atoms with E-state index in [4.69, 9.17) is 11.6 Å². The molecule has 0 bridgehead atoms. The predicted molar refractivity (Wildman–Crippen MR) is 105 cm³/mol. The number of sulfonamides is 1. The summed E-state index contributed by atoms with van der Waals surface area (Å²) in [4.78, 5) is -0.364. The lowest BCUT2D eigenvalue weighted by molar-refractivity contribution is 0.283. The third-order valence-corrected chi connectivity index (χ3v) is 7.99. The maximum atomic E-state index is 14.2. The third-order valence-electron chi connectivity index (χ3n) is 5.28. The van der Waals surface area contributed by atoms with Gasteiger partial charge in [0.05, 0.1) is 5.02 Å². The summed E-state index contributed by atoms with van der Waals surface area (Å²) in [6.45, 7) is 1.50. The second kappa shape index (κ2) is 8.86. The van der Waals surface area contributed by atoms with Gasteiger partial charge in [-0.25, -0.2) is 17.5 Å². The molecule has 2 saturated carbocycles. The summed E-state index contributed by atoms with van der Waals surface area (Å²) >= 11 is 9.03. The molecule has 0 radical (unpaired) electrons. The van der Waals surface area contributed by atoms with Gasteiger partial charge < -0.3 is 5.32 Å². The summed E-state index contributed by atoms with van der Waals surface area (Å²) in [6.07, 6.45) is 7.94. The molecule has 0 unspecified atom stereocenters. The Morgan fingerprint density at radius 3 is 2.54 bits per heavy atom. The Hall–Kier alpha value is -0.210. The SMILES string of the molecule is O=S(=O)(N[C@@H](CNCC1CC1)C1CCCCC1)c1cc(Br)c(Cl)cc1F. The van der Waals surface area contributed by atoms with Gasteiger partial charge in [0.2, 0.25) is 10.0 Å². The Labute approximate surface area is 168 Å². The van der Waals surface area contributed by atoms with Crippen LogP contribution in [-0.2, 0) is 10.0 Å². The van der Waals surface area contributed by atoms with Crippen LogP contribution in [-0.4, -0.2) is 27.5 Å². The fourth-order valence-electron chi connectivity index (χ4n) is 3.58. The minimum Gasteiger partial charge on any atom is -0.315 e. The van der Waals surface area contributed by atoms with E-state index in [1.165, 1.54) is 25.3 Å². The highest BCUT2D eigenvalue weighted by Crippen LogP contribution is 2.31. The molecule has 0 amide bonds. The number of rotatable bonds is 8. The van der Waals surface area contributed by atoms with Gasteiger partial charge >= 0.3 is 0 Å². The third kappa shape index (κ3) is 5.41. The van der Waals surface area contributed by atoms with Gasteiger partial charge in [0.15, 0.2) is 0 Å². The van der Waals surface area contributed by atoms with Gasteiger partial charge in [-0.2, -0.15) is 0 Å². The number of halogens is 3. The molecule has 0 spiro atoms. The molecule has 2 aliphatic rings. The lowest BCUT2D eigenvalue weighted by Crippen LogP contribution is -2.47. The number of nitrogens with one attached hydrogen (secondary N) is 2. The number of benzene rings is 1. The topological polar surface area (TPSA) is 58.2 Å². The lowest BCUT2D eigenvalue weighted by atomic mass is 9.84. The summed E-state index contributed by atoms with van der Waals surface area (Å²) in [5.74, 6) is 0.173. The maximum absolute atomic E-state index is 14.2. The van der Waals surface area contributed by atoms with Gasteiger partial charge in [-0.1, -0.05) is 30.9 Å². The zero-order valence-corrected chi connectivity index (χ0v) is 17.8. The van der Waals surface area contributed by atoms with Crippen molar-refractivity contribution >= 4 is 37.6 Å². The van der Waals surface area contributed by atoms with E-state index in [-0.39, 0.29) is 21.9 Å². The van der Waals surface area contributed by atoms with Gasteiger partial charge in [0, 0.05) is 17.1 Å². The van der Waals surface area contributed by atoms with Crippen molar-refractivity contribution in [3.63, 3.8) is 0 Å². The lowest BCUT2D eigenvalue weighted by Gasteiger charge is -2.31. The van der Waals surface area contributed by atoms with Crippen LogP contribution in [0.25, 0.3) is 0 Å². The number of hydrogen-bond acceptors (Lipinski definition) is 3. The van der Waals surface area contributed by atoms with E-state index in [1.54, 1.807) is 0 Å². The quantitative estimate of drug-likeness (QED) is 0.555. The van der Waals surface area contributed by atoms with Gasteiger partial charge in [-0.3, -0.25) is 0 Å². The molecule has 2 fully saturated rings. The first-order valence-corrected chi connectivity index (χ1v) is 11.9. The predicted octanol–water partition coefficient (Wildman–Crippen LogP) is 4.47. The molecule has 0 aliphatic heterocycles. The minimum absolute atomic E-state index is 0.149. The Morgan fingerprint density at radius 1 is 1.19 bits per heavy atom. The van der Waals surface area contributed by atoms with Crippen molar-refractivity contribution in [1.82, 2.24) is 10.0 Å². The Bertz CT molecular complexity index is 737. The molecule has 2 N–H and O–H groups in total. The van der Waals surface area contributed by atoms with Crippen molar-refractivity contribution in [3.05, 3.63) is 27.4 Å². The van der Waals surface area contributed by atoms with Crippen molar-refractivity contribution in [3.8, 4) is 0 Å². The van der Waals surface area contributed by atoms with Crippen molar-refractivity contribution in [2.75, 3.05) is 13.1 Å². The average Bonchev–Trinajstić information content (AvgIpc) is 3.42. The van der Waals surface area contributed by atoms with E-state index in [1.807, 2.05) is 0 Å². The molecule has 1 aromatic rings. The number of hydrogen-bond donors (Lipinski definition) is 2. The molecule has 146 valence electrons. The zero-order chi connectivity index (χ0) is 18.7. The molecule has 0 heterocycles. The van der Waals surface area contributed by atoms with E-state index < -0.39 is 15.8 Å². The largest absolute Gasteiger partial charge is 0.315 e. The van der Waals surface area contributed by atoms with E-state index in [9.17, 15) is 12.8 Å². The van der Waals surface area contributed by atoms with Crippen LogP contribution in [0.1, 0.15) is 44.9 Å². The van der Waals surface area contributed by atoms with Crippen molar-refractivity contribution < 1.29 is 12.8 Å². The van der Waals surface area contributed by atoms with Crippen LogP contribution in [0.4, 0.5) is 4.39 Å². The highest BCUT2D eigenvalue weighted by molar-refractivity contribution is 9.10. The zero-order valence-electron chi connectivity index (χ0n) is 14.6. The Kier molecular flexibility index (Phi) is 6.99. The minimum atomic E-state index is -3.97. The summed E-state index contributed by atoms with van der Waals surface area (Å²) in [7, 11) is -3.97. The van der Waals surface area contributed by atoms with E-state index in [0.29, 0.717) is 11.0 Å². The molecular weight excluding hydrogens is 443 g/mol. The second-order valence-electron chi connectivity index (χ2n) is 7.42. The Balaban J connectivity index is 1.75. The van der Waals surface area contributed by atoms with Crippen LogP contribution in [0.3, 0.4) is 0 Å². The first-order valence-electron chi connectivity index (χ1n) is 9.24. The van der Waals surface area contributed by atoms with Crippen LogP contribution in [0, 0.1) is 17.7 Å². The van der Waals surface area contributed by atoms with Crippen LogP contribution in [0.15, 0.2) is 21.5 Å². The standard InChI is InChI=1S/C18H25BrClFN2O2S/c19-14-8-18(16(21)9-15(14)20)26(24,25)23-17(11-22-10-12-6-7-12)13-4-2-1-3-5-13/h8-9,12-13,17,22-23H,1-7,10-11H2/t17-/m0/s1. The van der Waals surface area contributed by atoms with Crippen molar-refractivity contribution in [1.29, 1.82) is 0 Å². The molecule has 0 aromatic heterocycles. The van der Waals surface area contributed by atoms with Gasteiger partial charge in [-0.05, 0) is 72.1 Å². The highest BCUT2D eigenvalue weighted by atomic mass is 79.9. The summed E-state index contributed by atoms with van der Waals surface area (Å²) in [5.41, 5.74) is 0. The molecule has 2 aliphatic carbocycles. The molecule has 4 nitrogen and oxygen atoms in total. The van der Waals surface area contributed by atoms with E-state index in [0.717, 1.165) is 44.2 Å². The first kappa shape index (κ1) is 20.5. The smallest absolute Gasteiger partial charge is 0.243 e. The maximum Gasteiger partial charge on any atom is 0.243 e. The highest BCUT2D eigenvalue weighted by Gasteiger charge is 2.30. The molecule has 26 heavy (non-hydrogen) atoms. The average molecular weight is 468 g/mol. The van der Waals surface area contributed by atoms with Crippen LogP contribution in [0.2, 0.25) is 5.02 Å². The fraction of sp³-hybridized carbons (Fsp3) is 0.667. The van der Waals surface area contributed by atoms with Crippen molar-refractivity contribution in [2.45, 2.75) is 55.9 Å². The Morgan fingerprint density at radius 2 is 1.88 bits per heavy atom. The molecule has 1 atom stereocenters. The van der Waals surface area contributed by atoms with Crippen molar-refractivity contribution in [2.24, 2.45) is 11.8 Å². The first-order chi connectivity index (χ1) is 12.4. The molecule has 0 saturated heterocycles. The normalized spacial score (nSPS) is 20.3. The van der Waals surface area contributed by atoms with Crippen LogP contribution < -0.4 is 10.0 Å². The monoisotopic (exact) mass is 466 g/mol. The molecular formula is C18H25BrClFN2O2S. The second-order valence-corrected chi connectivity index (χ2v) is 10.4. The summed E-state index contributed by atoms with van der Waals surface area (Å²) in [6, 6.07) is 2.03. The van der Waals surface area contributed by atoms with Gasteiger partial charge in [0.1, 0.15) is 10.7 Å². The molecule has 3 rings (SSSR count). The van der Waals surface area contributed by atoms with Gasteiger partial charge in [0.25, 0.3) is 0 Å². The van der Waals surface area contributed by atoms with Crippen LogP contribution in [0.5, 0.6) is 0 Å². The molecule has 8 heteroatoms. The van der Waals surface area contributed by atoms with E-state index in [2.05, 4.69) is 26.0 Å². The fourth-order valence-corrected chi connectivity index (χ4v) is 5.61. The van der Waals surface area contributed by atoms with E-state index >= 15 is 0 Å². The molecule has 1 aromatic carbocycles. The summed E-state index contributed by atoms with van der Waals surface area (Å²) < 4.78 is 43.0. The van der Waals surface area contributed by atoms with Crippen LogP contribution >= 0.6 is 27.5 Å². The summed E-state index contributed by atoms with van der Waals surface area (Å²) in [5, 5.41) is 3.55. The van der Waals surface area contributed by atoms with Gasteiger partial charge in [-0.15, -0.1) is 0 Å².